The molecule has 1 heterocycles. The van der Waals surface area contributed by atoms with Crippen molar-refractivity contribution in [3.8, 4) is 0 Å². The number of aromatic amines is 1. The van der Waals surface area contributed by atoms with E-state index in [-0.39, 0.29) is 10.7 Å². The quantitative estimate of drug-likeness (QED) is 0.722. The van der Waals surface area contributed by atoms with Gasteiger partial charge in [0.2, 0.25) is 10.0 Å². The first-order valence-corrected chi connectivity index (χ1v) is 7.61. The highest BCUT2D eigenvalue weighted by Gasteiger charge is 2.23. The van der Waals surface area contributed by atoms with E-state index in [9.17, 15) is 8.42 Å². The molecule has 0 aliphatic rings. The minimum Gasteiger partial charge on any atom is -0.384 e. The third kappa shape index (κ3) is 3.11. The first-order valence-electron chi connectivity index (χ1n) is 6.13. The van der Waals surface area contributed by atoms with Crippen LogP contribution < -0.4 is 10.0 Å². The summed E-state index contributed by atoms with van der Waals surface area (Å²) in [6, 6.07) is 6.14. The van der Waals surface area contributed by atoms with E-state index in [1.165, 1.54) is 0 Å². The lowest BCUT2D eigenvalue weighted by atomic mass is 10.3. The maximum absolute atomic E-state index is 12.4. The lowest BCUT2D eigenvalue weighted by Gasteiger charge is -2.14. The average molecular weight is 296 g/mol. The Morgan fingerprint density at radius 2 is 2.10 bits per heavy atom. The van der Waals surface area contributed by atoms with Gasteiger partial charge in [-0.25, -0.2) is 13.1 Å². The molecule has 0 radical (unpaired) electrons. The number of para-hydroxylation sites is 1. The van der Waals surface area contributed by atoms with Crippen LogP contribution in [-0.2, 0) is 10.0 Å². The summed E-state index contributed by atoms with van der Waals surface area (Å²) in [6.07, 6.45) is 0. The molecular formula is C11H16N6O2S. The lowest BCUT2D eigenvalue weighted by molar-refractivity contribution is 0.560. The number of anilines is 1. The van der Waals surface area contributed by atoms with Crippen molar-refractivity contribution in [2.75, 3.05) is 11.9 Å². The van der Waals surface area contributed by atoms with Crippen LogP contribution in [0.5, 0.6) is 0 Å². The van der Waals surface area contributed by atoms with Crippen molar-refractivity contribution in [2.24, 2.45) is 0 Å². The SMILES string of the molecule is CCNc1ccccc1S(=O)(=O)NC(C)c1nn[nH]n1. The summed E-state index contributed by atoms with van der Waals surface area (Å²) in [6.45, 7) is 4.18. The Balaban J connectivity index is 2.27. The Bertz CT molecular complexity index is 655. The van der Waals surface area contributed by atoms with Gasteiger partial charge >= 0.3 is 0 Å². The summed E-state index contributed by atoms with van der Waals surface area (Å²) in [5.41, 5.74) is 0.558. The van der Waals surface area contributed by atoms with Crippen molar-refractivity contribution < 1.29 is 8.42 Å². The molecule has 20 heavy (non-hydrogen) atoms. The van der Waals surface area contributed by atoms with E-state index in [4.69, 9.17) is 0 Å². The number of tetrazole rings is 1. The summed E-state index contributed by atoms with van der Waals surface area (Å²) >= 11 is 0. The summed E-state index contributed by atoms with van der Waals surface area (Å²) in [4.78, 5) is 0.192. The normalized spacial score (nSPS) is 13.1. The van der Waals surface area contributed by atoms with Crippen LogP contribution in [0.1, 0.15) is 25.7 Å². The van der Waals surface area contributed by atoms with Gasteiger partial charge in [-0.3, -0.25) is 0 Å². The highest BCUT2D eigenvalue weighted by Crippen LogP contribution is 2.22. The van der Waals surface area contributed by atoms with Crippen molar-refractivity contribution >= 4 is 15.7 Å². The third-order valence-electron chi connectivity index (χ3n) is 2.62. The molecule has 0 bridgehead atoms. The maximum Gasteiger partial charge on any atom is 0.243 e. The van der Waals surface area contributed by atoms with E-state index in [1.807, 2.05) is 6.92 Å². The number of benzene rings is 1. The highest BCUT2D eigenvalue weighted by atomic mass is 32.2. The monoisotopic (exact) mass is 296 g/mol. The van der Waals surface area contributed by atoms with E-state index in [0.717, 1.165) is 0 Å². The summed E-state index contributed by atoms with van der Waals surface area (Å²) in [5.74, 6) is 0.287. The Kier molecular flexibility index (Phi) is 4.30. The number of aromatic nitrogens is 4. The van der Waals surface area contributed by atoms with Gasteiger partial charge in [0.1, 0.15) is 4.90 Å². The molecule has 0 saturated carbocycles. The van der Waals surface area contributed by atoms with Gasteiger partial charge in [-0.1, -0.05) is 17.3 Å². The van der Waals surface area contributed by atoms with Crippen LogP contribution in [0.3, 0.4) is 0 Å². The van der Waals surface area contributed by atoms with Crippen LogP contribution in [-0.4, -0.2) is 35.6 Å². The highest BCUT2D eigenvalue weighted by molar-refractivity contribution is 7.89. The predicted octanol–water partition coefficient (Wildman–Crippen LogP) is 0.671. The molecule has 2 rings (SSSR count). The van der Waals surface area contributed by atoms with Crippen molar-refractivity contribution in [3.63, 3.8) is 0 Å². The predicted molar refractivity (Wildman–Crippen MR) is 73.5 cm³/mol. The molecule has 1 unspecified atom stereocenters. The van der Waals surface area contributed by atoms with Crippen molar-refractivity contribution in [1.82, 2.24) is 25.3 Å². The Morgan fingerprint density at radius 3 is 2.75 bits per heavy atom. The molecule has 0 saturated heterocycles. The largest absolute Gasteiger partial charge is 0.384 e. The van der Waals surface area contributed by atoms with Gasteiger partial charge in [-0.05, 0) is 26.0 Å². The standard InChI is InChI=1S/C11H16N6O2S/c1-3-12-9-6-4-5-7-10(9)20(18,19)15-8(2)11-13-16-17-14-11/h4-8,12,15H,3H2,1-2H3,(H,13,14,16,17). The zero-order valence-electron chi connectivity index (χ0n) is 11.2. The molecule has 9 heteroatoms. The second-order valence-corrected chi connectivity index (χ2v) is 5.82. The fourth-order valence-corrected chi connectivity index (χ4v) is 3.12. The minimum atomic E-state index is -3.67. The minimum absolute atomic E-state index is 0.192. The molecule has 1 aromatic heterocycles. The fourth-order valence-electron chi connectivity index (χ4n) is 1.74. The van der Waals surface area contributed by atoms with Gasteiger partial charge in [0, 0.05) is 6.54 Å². The van der Waals surface area contributed by atoms with Crippen LogP contribution in [0.15, 0.2) is 29.2 Å². The van der Waals surface area contributed by atoms with Crippen LogP contribution >= 0.6 is 0 Å². The van der Waals surface area contributed by atoms with Crippen LogP contribution in [0, 0.1) is 0 Å². The van der Waals surface area contributed by atoms with E-state index in [0.29, 0.717) is 12.2 Å². The number of nitrogens with one attached hydrogen (secondary N) is 3. The van der Waals surface area contributed by atoms with Gasteiger partial charge in [0.15, 0.2) is 5.82 Å². The zero-order chi connectivity index (χ0) is 14.6. The van der Waals surface area contributed by atoms with Crippen molar-refractivity contribution in [2.45, 2.75) is 24.8 Å². The molecule has 0 fully saturated rings. The van der Waals surface area contributed by atoms with Gasteiger partial charge in [0.05, 0.1) is 11.7 Å². The van der Waals surface area contributed by atoms with Gasteiger partial charge in [-0.15, -0.1) is 10.2 Å². The molecule has 1 aromatic carbocycles. The van der Waals surface area contributed by atoms with Crippen LogP contribution in [0.4, 0.5) is 5.69 Å². The van der Waals surface area contributed by atoms with Crippen molar-refractivity contribution in [3.05, 3.63) is 30.1 Å². The van der Waals surface area contributed by atoms with Gasteiger partial charge < -0.3 is 5.32 Å². The molecule has 1 atom stereocenters. The second-order valence-electron chi connectivity index (χ2n) is 4.14. The van der Waals surface area contributed by atoms with E-state index in [1.54, 1.807) is 31.2 Å². The number of hydrogen-bond acceptors (Lipinski definition) is 6. The molecule has 0 spiro atoms. The summed E-state index contributed by atoms with van der Waals surface area (Å²) < 4.78 is 27.3. The lowest BCUT2D eigenvalue weighted by Crippen LogP contribution is -2.28. The second kappa shape index (κ2) is 5.97. The molecule has 0 aliphatic heterocycles. The molecule has 108 valence electrons. The Morgan fingerprint density at radius 1 is 1.35 bits per heavy atom. The fraction of sp³-hybridized carbons (Fsp3) is 0.364. The summed E-state index contributed by atoms with van der Waals surface area (Å²) in [7, 11) is -3.67. The number of sulfonamides is 1. The van der Waals surface area contributed by atoms with Gasteiger partial charge in [-0.2, -0.15) is 5.21 Å². The topological polar surface area (TPSA) is 113 Å². The smallest absolute Gasteiger partial charge is 0.243 e. The first-order chi connectivity index (χ1) is 9.54. The number of rotatable bonds is 6. The first kappa shape index (κ1) is 14.4. The van der Waals surface area contributed by atoms with Crippen molar-refractivity contribution in [1.29, 1.82) is 0 Å². The number of nitrogens with zero attached hydrogens (tertiary/aromatic N) is 3. The maximum atomic E-state index is 12.4. The van der Waals surface area contributed by atoms with E-state index in [2.05, 4.69) is 30.7 Å². The summed E-state index contributed by atoms with van der Waals surface area (Å²) in [5, 5.41) is 16.2. The van der Waals surface area contributed by atoms with Crippen LogP contribution in [0.25, 0.3) is 0 Å². The van der Waals surface area contributed by atoms with E-state index < -0.39 is 16.1 Å². The van der Waals surface area contributed by atoms with Gasteiger partial charge in [0.25, 0.3) is 0 Å². The number of H-pyrrole nitrogens is 1. The molecule has 0 aliphatic carbocycles. The molecule has 8 nitrogen and oxygen atoms in total. The Labute approximate surface area is 117 Å². The Hall–Kier alpha value is -2.00. The van der Waals surface area contributed by atoms with Crippen LogP contribution in [0.2, 0.25) is 0 Å². The zero-order valence-corrected chi connectivity index (χ0v) is 12.0. The molecule has 3 N–H and O–H groups in total. The molecule has 0 amide bonds. The average Bonchev–Trinajstić information content (AvgIpc) is 2.93. The molecular weight excluding hydrogens is 280 g/mol. The van der Waals surface area contributed by atoms with E-state index >= 15 is 0 Å². The number of hydrogen-bond donors (Lipinski definition) is 3. The third-order valence-corrected chi connectivity index (χ3v) is 4.22. The molecule has 2 aromatic rings.